The van der Waals surface area contributed by atoms with Gasteiger partial charge in [-0.2, -0.15) is 5.26 Å². The van der Waals surface area contributed by atoms with Gasteiger partial charge in [0.1, 0.15) is 11.6 Å². The van der Waals surface area contributed by atoms with Gasteiger partial charge in [-0.1, -0.05) is 12.8 Å². The summed E-state index contributed by atoms with van der Waals surface area (Å²) in [5, 5.41) is 22.0. The standard InChI is InChI=1S/C21H32N4O/c22-13-17-21(26)10-3-5-14-8-9-18-23-11-2-1-7-16(23)15-6-4-12-24(17)20(15)25(18)19(14)21/h14-20,26H,1-12H2/t14-,15+,16+,17+,18+,19-,20+,21-/m1/s1. The summed E-state index contributed by atoms with van der Waals surface area (Å²) in [6.45, 7) is 2.24. The summed E-state index contributed by atoms with van der Waals surface area (Å²) in [5.41, 5.74) is -0.822. The van der Waals surface area contributed by atoms with E-state index < -0.39 is 5.60 Å². The molecule has 6 aliphatic rings. The maximum atomic E-state index is 11.9. The average Bonchev–Trinajstić information content (AvgIpc) is 2.68. The third-order valence-corrected chi connectivity index (χ3v) is 8.95. The highest BCUT2D eigenvalue weighted by molar-refractivity contribution is 5.23. The van der Waals surface area contributed by atoms with Gasteiger partial charge in [-0.25, -0.2) is 0 Å². The molecule has 26 heavy (non-hydrogen) atoms. The van der Waals surface area contributed by atoms with E-state index in [9.17, 15) is 10.4 Å². The van der Waals surface area contributed by atoms with E-state index >= 15 is 0 Å². The predicted octanol–water partition coefficient (Wildman–Crippen LogP) is 2.12. The van der Waals surface area contributed by atoms with Gasteiger partial charge in [0, 0.05) is 24.5 Å². The molecule has 0 amide bonds. The highest BCUT2D eigenvalue weighted by Crippen LogP contribution is 2.56. The predicted molar refractivity (Wildman–Crippen MR) is 97.9 cm³/mol. The molecule has 5 aliphatic heterocycles. The van der Waals surface area contributed by atoms with Crippen molar-refractivity contribution in [1.29, 1.82) is 5.26 Å². The normalized spacial score (nSPS) is 54.1. The van der Waals surface area contributed by atoms with Crippen LogP contribution in [0.15, 0.2) is 0 Å². The minimum Gasteiger partial charge on any atom is -0.385 e. The van der Waals surface area contributed by atoms with Crippen LogP contribution in [-0.4, -0.2) is 69.0 Å². The van der Waals surface area contributed by atoms with Crippen molar-refractivity contribution in [2.75, 3.05) is 13.1 Å². The van der Waals surface area contributed by atoms with Gasteiger partial charge in [0.05, 0.1) is 18.4 Å². The minimum atomic E-state index is -0.822. The fourth-order valence-electron chi connectivity index (χ4n) is 8.22. The van der Waals surface area contributed by atoms with Crippen molar-refractivity contribution in [3.63, 3.8) is 0 Å². The molecule has 5 heteroatoms. The molecule has 0 bridgehead atoms. The van der Waals surface area contributed by atoms with Crippen LogP contribution in [0.3, 0.4) is 0 Å². The largest absolute Gasteiger partial charge is 0.385 e. The van der Waals surface area contributed by atoms with Crippen LogP contribution in [0.5, 0.6) is 0 Å². The zero-order valence-electron chi connectivity index (χ0n) is 15.8. The third kappa shape index (κ3) is 1.90. The smallest absolute Gasteiger partial charge is 0.130 e. The lowest BCUT2D eigenvalue weighted by Crippen LogP contribution is -2.85. The average molecular weight is 357 g/mol. The SMILES string of the molecule is N#C[C@@H]1N2CCC[C@H]3[C@@H]4CCCCN4[C@@H]4CC[C@H]5CCC[C@]1(O)[C@@H]5N4[C@@H]32. The highest BCUT2D eigenvalue weighted by atomic mass is 16.3. The molecule has 1 saturated carbocycles. The second-order valence-corrected chi connectivity index (χ2v) is 9.88. The van der Waals surface area contributed by atoms with Crippen LogP contribution >= 0.6 is 0 Å². The quantitative estimate of drug-likeness (QED) is 0.720. The molecule has 0 radical (unpaired) electrons. The number of nitrogens with zero attached hydrogens (tertiary/aromatic N) is 4. The molecular formula is C21H32N4O. The van der Waals surface area contributed by atoms with Gasteiger partial charge >= 0.3 is 0 Å². The Balaban J connectivity index is 1.50. The van der Waals surface area contributed by atoms with E-state index in [0.29, 0.717) is 30.2 Å². The molecule has 5 saturated heterocycles. The summed E-state index contributed by atoms with van der Waals surface area (Å²) in [5.74, 6) is 1.26. The number of hydrogen-bond acceptors (Lipinski definition) is 5. The summed E-state index contributed by atoms with van der Waals surface area (Å²) in [4.78, 5) is 8.07. The molecule has 5 nitrogen and oxygen atoms in total. The van der Waals surface area contributed by atoms with E-state index in [1.807, 2.05) is 0 Å². The van der Waals surface area contributed by atoms with E-state index in [1.165, 1.54) is 57.9 Å². The van der Waals surface area contributed by atoms with Gasteiger partial charge in [0.25, 0.3) is 0 Å². The fraction of sp³-hybridized carbons (Fsp3) is 0.952. The maximum absolute atomic E-state index is 11.9. The molecule has 0 unspecified atom stereocenters. The van der Waals surface area contributed by atoms with Crippen LogP contribution in [0.1, 0.15) is 64.2 Å². The van der Waals surface area contributed by atoms with Crippen LogP contribution in [-0.2, 0) is 0 Å². The first kappa shape index (κ1) is 16.3. The van der Waals surface area contributed by atoms with Crippen molar-refractivity contribution < 1.29 is 5.11 Å². The Labute approximate surface area is 156 Å². The number of rotatable bonds is 0. The first-order valence-electron chi connectivity index (χ1n) is 11.1. The highest BCUT2D eigenvalue weighted by Gasteiger charge is 2.67. The van der Waals surface area contributed by atoms with E-state index in [1.54, 1.807) is 0 Å². The van der Waals surface area contributed by atoms with E-state index in [0.717, 1.165) is 19.4 Å². The summed E-state index contributed by atoms with van der Waals surface area (Å²) < 4.78 is 0. The summed E-state index contributed by atoms with van der Waals surface area (Å²) >= 11 is 0. The Hall–Kier alpha value is -0.670. The maximum Gasteiger partial charge on any atom is 0.130 e. The number of aliphatic hydroxyl groups is 1. The van der Waals surface area contributed by atoms with Crippen LogP contribution in [0.25, 0.3) is 0 Å². The zero-order chi connectivity index (χ0) is 17.5. The van der Waals surface area contributed by atoms with Gasteiger partial charge in [-0.05, 0) is 63.8 Å². The van der Waals surface area contributed by atoms with Crippen molar-refractivity contribution in [1.82, 2.24) is 14.7 Å². The van der Waals surface area contributed by atoms with Gasteiger partial charge in [-0.15, -0.1) is 0 Å². The second-order valence-electron chi connectivity index (χ2n) is 9.88. The summed E-state index contributed by atoms with van der Waals surface area (Å²) in [6, 6.07) is 3.23. The number of hydrogen-bond donors (Lipinski definition) is 1. The van der Waals surface area contributed by atoms with Crippen molar-refractivity contribution in [2.24, 2.45) is 11.8 Å². The topological polar surface area (TPSA) is 53.7 Å². The van der Waals surface area contributed by atoms with Crippen molar-refractivity contribution in [3.05, 3.63) is 0 Å². The van der Waals surface area contributed by atoms with Gasteiger partial charge in [0.2, 0.25) is 0 Å². The van der Waals surface area contributed by atoms with Crippen LogP contribution < -0.4 is 0 Å². The van der Waals surface area contributed by atoms with Crippen molar-refractivity contribution in [2.45, 2.75) is 100 Å². The zero-order valence-corrected chi connectivity index (χ0v) is 15.8. The number of fused-ring (bicyclic) bond motifs is 3. The summed E-state index contributed by atoms with van der Waals surface area (Å²) in [6.07, 6.45) is 13.1. The lowest BCUT2D eigenvalue weighted by molar-refractivity contribution is -0.298. The van der Waals surface area contributed by atoms with E-state index in [2.05, 4.69) is 20.8 Å². The Bertz CT molecular complexity index is 634. The third-order valence-electron chi connectivity index (χ3n) is 8.95. The Kier molecular flexibility index (Phi) is 3.55. The first-order valence-corrected chi connectivity index (χ1v) is 11.1. The van der Waals surface area contributed by atoms with Crippen molar-refractivity contribution >= 4 is 0 Å². The van der Waals surface area contributed by atoms with Crippen LogP contribution in [0.2, 0.25) is 0 Å². The summed E-state index contributed by atoms with van der Waals surface area (Å²) in [7, 11) is 0. The Morgan fingerprint density at radius 3 is 2.69 bits per heavy atom. The second kappa shape index (κ2) is 5.67. The fourth-order valence-corrected chi connectivity index (χ4v) is 8.22. The van der Waals surface area contributed by atoms with Crippen molar-refractivity contribution in [3.8, 4) is 6.07 Å². The molecule has 6 rings (SSSR count). The molecule has 0 aromatic heterocycles. The lowest BCUT2D eigenvalue weighted by Gasteiger charge is -2.72. The molecule has 0 aromatic rings. The molecular weight excluding hydrogens is 324 g/mol. The first-order chi connectivity index (χ1) is 12.7. The van der Waals surface area contributed by atoms with E-state index in [-0.39, 0.29) is 12.1 Å². The minimum absolute atomic E-state index is 0.212. The molecule has 142 valence electrons. The number of nitriles is 1. The van der Waals surface area contributed by atoms with Gasteiger partial charge in [-0.3, -0.25) is 14.7 Å². The molecule has 0 spiro atoms. The monoisotopic (exact) mass is 356 g/mol. The van der Waals surface area contributed by atoms with Gasteiger partial charge < -0.3 is 5.11 Å². The molecule has 1 aliphatic carbocycles. The lowest BCUT2D eigenvalue weighted by atomic mass is 9.61. The molecule has 8 atom stereocenters. The van der Waals surface area contributed by atoms with Crippen LogP contribution in [0.4, 0.5) is 0 Å². The molecule has 1 N–H and O–H groups in total. The Morgan fingerprint density at radius 1 is 0.923 bits per heavy atom. The molecule has 0 aromatic carbocycles. The van der Waals surface area contributed by atoms with Crippen LogP contribution in [0, 0.1) is 23.2 Å². The van der Waals surface area contributed by atoms with E-state index in [4.69, 9.17) is 0 Å². The Morgan fingerprint density at radius 2 is 1.81 bits per heavy atom. The number of piperidine rings is 3. The molecule has 5 heterocycles. The van der Waals surface area contributed by atoms with Gasteiger partial charge in [0.15, 0.2) is 0 Å². The molecule has 6 fully saturated rings.